The van der Waals surface area contributed by atoms with Gasteiger partial charge in [0.1, 0.15) is 0 Å². The maximum Gasteiger partial charge on any atom is 0.237 e. The van der Waals surface area contributed by atoms with Gasteiger partial charge in [-0.25, -0.2) is 0 Å². The van der Waals surface area contributed by atoms with Crippen LogP contribution in [0.1, 0.15) is 26.2 Å². The molecule has 0 radical (unpaired) electrons. The van der Waals surface area contributed by atoms with E-state index in [-0.39, 0.29) is 17.9 Å². The van der Waals surface area contributed by atoms with E-state index in [0.29, 0.717) is 32.0 Å². The molecule has 1 fully saturated rings. The molecule has 0 saturated carbocycles. The quantitative estimate of drug-likeness (QED) is 0.553. The van der Waals surface area contributed by atoms with Crippen LogP contribution in [0.15, 0.2) is 0 Å². The Hall–Kier alpha value is -1.14. The summed E-state index contributed by atoms with van der Waals surface area (Å²) in [6.07, 6.45) is 2.29. The van der Waals surface area contributed by atoms with Crippen LogP contribution in [-0.4, -0.2) is 51.2 Å². The van der Waals surface area contributed by atoms with Crippen LogP contribution in [0.25, 0.3) is 0 Å². The zero-order valence-electron chi connectivity index (χ0n) is 11.8. The molecule has 0 aromatic carbocycles. The van der Waals surface area contributed by atoms with Gasteiger partial charge in [-0.15, -0.1) is 0 Å². The third kappa shape index (κ3) is 6.54. The van der Waals surface area contributed by atoms with Crippen molar-refractivity contribution in [3.63, 3.8) is 0 Å². The first-order chi connectivity index (χ1) is 9.13. The van der Waals surface area contributed by atoms with E-state index < -0.39 is 0 Å². The number of carbonyl (C=O) groups excluding carboxylic acids is 2. The second kappa shape index (κ2) is 8.87. The SMILES string of the molecule is COCCNC(=O)CCNC(=O)C1CC(C)CCN1. The molecular formula is C13H25N3O3. The van der Waals surface area contributed by atoms with E-state index in [0.717, 1.165) is 19.4 Å². The van der Waals surface area contributed by atoms with Gasteiger partial charge >= 0.3 is 0 Å². The molecule has 1 heterocycles. The molecule has 3 N–H and O–H groups in total. The molecule has 0 bridgehead atoms. The number of ether oxygens (including phenoxy) is 1. The Kier molecular flexibility index (Phi) is 7.43. The summed E-state index contributed by atoms with van der Waals surface area (Å²) in [6.45, 7) is 4.43. The predicted octanol–water partition coefficient (Wildman–Crippen LogP) is -0.357. The van der Waals surface area contributed by atoms with Crippen molar-refractivity contribution in [3.05, 3.63) is 0 Å². The third-order valence-corrected chi connectivity index (χ3v) is 3.26. The van der Waals surface area contributed by atoms with Gasteiger partial charge in [0.25, 0.3) is 0 Å². The molecule has 2 amide bonds. The summed E-state index contributed by atoms with van der Waals surface area (Å²) >= 11 is 0. The first-order valence-corrected chi connectivity index (χ1v) is 6.90. The highest BCUT2D eigenvalue weighted by Crippen LogP contribution is 2.14. The number of amides is 2. The minimum Gasteiger partial charge on any atom is -0.383 e. The molecule has 1 saturated heterocycles. The highest BCUT2D eigenvalue weighted by Gasteiger charge is 2.24. The van der Waals surface area contributed by atoms with Gasteiger partial charge in [-0.2, -0.15) is 0 Å². The number of piperidine rings is 1. The van der Waals surface area contributed by atoms with Crippen molar-refractivity contribution < 1.29 is 14.3 Å². The highest BCUT2D eigenvalue weighted by atomic mass is 16.5. The summed E-state index contributed by atoms with van der Waals surface area (Å²) in [5.41, 5.74) is 0. The van der Waals surface area contributed by atoms with E-state index in [2.05, 4.69) is 22.9 Å². The van der Waals surface area contributed by atoms with Gasteiger partial charge in [0.05, 0.1) is 12.6 Å². The number of hydrogen-bond donors (Lipinski definition) is 3. The Morgan fingerprint density at radius 1 is 1.32 bits per heavy atom. The fourth-order valence-electron chi connectivity index (χ4n) is 2.11. The van der Waals surface area contributed by atoms with Crippen LogP contribution in [0, 0.1) is 5.92 Å². The van der Waals surface area contributed by atoms with Crippen LogP contribution in [0.4, 0.5) is 0 Å². The lowest BCUT2D eigenvalue weighted by molar-refractivity contribution is -0.124. The maximum absolute atomic E-state index is 11.9. The number of hydrogen-bond acceptors (Lipinski definition) is 4. The average Bonchev–Trinajstić information content (AvgIpc) is 2.39. The number of carbonyl (C=O) groups is 2. The van der Waals surface area contributed by atoms with Crippen LogP contribution in [0.2, 0.25) is 0 Å². The van der Waals surface area contributed by atoms with Gasteiger partial charge in [-0.05, 0) is 25.3 Å². The van der Waals surface area contributed by atoms with Gasteiger partial charge in [0.2, 0.25) is 11.8 Å². The Morgan fingerprint density at radius 3 is 2.79 bits per heavy atom. The molecule has 2 unspecified atom stereocenters. The molecule has 1 aliphatic rings. The van der Waals surface area contributed by atoms with Crippen LogP contribution < -0.4 is 16.0 Å². The van der Waals surface area contributed by atoms with Gasteiger partial charge in [-0.3, -0.25) is 9.59 Å². The average molecular weight is 271 g/mol. The monoisotopic (exact) mass is 271 g/mol. The van der Waals surface area contributed by atoms with Crippen LogP contribution in [0.5, 0.6) is 0 Å². The van der Waals surface area contributed by atoms with Crippen molar-refractivity contribution in [1.82, 2.24) is 16.0 Å². The molecule has 0 spiro atoms. The lowest BCUT2D eigenvalue weighted by atomic mass is 9.94. The summed E-state index contributed by atoms with van der Waals surface area (Å²) in [5, 5.41) is 8.71. The first-order valence-electron chi connectivity index (χ1n) is 6.90. The molecule has 110 valence electrons. The van der Waals surface area contributed by atoms with Crippen molar-refractivity contribution in [2.24, 2.45) is 5.92 Å². The Labute approximate surface area is 114 Å². The van der Waals surface area contributed by atoms with Gasteiger partial charge in [0.15, 0.2) is 0 Å². The summed E-state index contributed by atoms with van der Waals surface area (Å²) in [6, 6.07) is -0.111. The minimum absolute atomic E-state index is 0.00348. The molecule has 0 aromatic heterocycles. The fraction of sp³-hybridized carbons (Fsp3) is 0.846. The summed E-state index contributed by atoms with van der Waals surface area (Å²) in [5.74, 6) is 0.507. The second-order valence-corrected chi connectivity index (χ2v) is 5.02. The first kappa shape index (κ1) is 15.9. The van der Waals surface area contributed by atoms with E-state index in [4.69, 9.17) is 4.74 Å². The van der Waals surface area contributed by atoms with Crippen LogP contribution in [0.3, 0.4) is 0 Å². The topological polar surface area (TPSA) is 79.5 Å². The van der Waals surface area contributed by atoms with E-state index >= 15 is 0 Å². The summed E-state index contributed by atoms with van der Waals surface area (Å²) in [7, 11) is 1.59. The van der Waals surface area contributed by atoms with Crippen LogP contribution in [-0.2, 0) is 14.3 Å². The maximum atomic E-state index is 11.9. The molecule has 0 aromatic rings. The van der Waals surface area contributed by atoms with Crippen molar-refractivity contribution >= 4 is 11.8 Å². The van der Waals surface area contributed by atoms with Gasteiger partial charge in [0, 0.05) is 26.6 Å². The zero-order valence-corrected chi connectivity index (χ0v) is 11.8. The molecule has 1 aliphatic heterocycles. The predicted molar refractivity (Wildman–Crippen MR) is 72.7 cm³/mol. The third-order valence-electron chi connectivity index (χ3n) is 3.26. The molecule has 2 atom stereocenters. The highest BCUT2D eigenvalue weighted by molar-refractivity contribution is 5.82. The van der Waals surface area contributed by atoms with Crippen molar-refractivity contribution in [3.8, 4) is 0 Å². The fourth-order valence-corrected chi connectivity index (χ4v) is 2.11. The smallest absolute Gasteiger partial charge is 0.237 e. The second-order valence-electron chi connectivity index (χ2n) is 5.02. The number of nitrogens with one attached hydrogen (secondary N) is 3. The summed E-state index contributed by atoms with van der Waals surface area (Å²) in [4.78, 5) is 23.3. The standard InChI is InChI=1S/C13H25N3O3/c1-10-3-5-14-11(9-10)13(18)16-6-4-12(17)15-7-8-19-2/h10-11,14H,3-9H2,1-2H3,(H,15,17)(H,16,18). The largest absolute Gasteiger partial charge is 0.383 e. The van der Waals surface area contributed by atoms with Crippen molar-refractivity contribution in [1.29, 1.82) is 0 Å². The summed E-state index contributed by atoms with van der Waals surface area (Å²) < 4.78 is 4.83. The number of methoxy groups -OCH3 is 1. The van der Waals surface area contributed by atoms with Crippen LogP contribution >= 0.6 is 0 Å². The Bertz CT molecular complexity index is 297. The normalized spacial score (nSPS) is 22.8. The molecule has 19 heavy (non-hydrogen) atoms. The molecule has 6 nitrogen and oxygen atoms in total. The van der Waals surface area contributed by atoms with Crippen molar-refractivity contribution in [2.75, 3.05) is 33.4 Å². The Balaban J connectivity index is 2.11. The molecule has 1 rings (SSSR count). The van der Waals surface area contributed by atoms with Gasteiger partial charge < -0.3 is 20.7 Å². The molecular weight excluding hydrogens is 246 g/mol. The lowest BCUT2D eigenvalue weighted by Gasteiger charge is -2.27. The van der Waals surface area contributed by atoms with E-state index in [1.165, 1.54) is 0 Å². The van der Waals surface area contributed by atoms with E-state index in [1.54, 1.807) is 7.11 Å². The Morgan fingerprint density at radius 2 is 2.11 bits per heavy atom. The molecule has 6 heteroatoms. The lowest BCUT2D eigenvalue weighted by Crippen LogP contribution is -2.48. The zero-order chi connectivity index (χ0) is 14.1. The van der Waals surface area contributed by atoms with Gasteiger partial charge in [-0.1, -0.05) is 6.92 Å². The van der Waals surface area contributed by atoms with Crippen molar-refractivity contribution in [2.45, 2.75) is 32.2 Å². The van der Waals surface area contributed by atoms with E-state index in [9.17, 15) is 9.59 Å². The number of rotatable bonds is 7. The molecule has 0 aliphatic carbocycles. The minimum atomic E-state index is -0.111. The van der Waals surface area contributed by atoms with E-state index in [1.807, 2.05) is 0 Å².